The zero-order valence-electron chi connectivity index (χ0n) is 8.08. The van der Waals surface area contributed by atoms with Crippen molar-refractivity contribution in [3.8, 4) is 0 Å². The summed E-state index contributed by atoms with van der Waals surface area (Å²) in [6, 6.07) is 0. The van der Waals surface area contributed by atoms with Crippen LogP contribution in [0.15, 0.2) is 11.6 Å². The lowest BCUT2D eigenvalue weighted by molar-refractivity contribution is -0.122. The molecule has 0 aromatic rings. The van der Waals surface area contributed by atoms with E-state index in [1.807, 2.05) is 13.8 Å². The summed E-state index contributed by atoms with van der Waals surface area (Å²) >= 11 is 0. The molecule has 0 aromatic carbocycles. The van der Waals surface area contributed by atoms with Crippen molar-refractivity contribution in [2.75, 3.05) is 0 Å². The molecular formula is C10H14N2O. The van der Waals surface area contributed by atoms with Crippen LogP contribution in [0.1, 0.15) is 33.1 Å². The Morgan fingerprint density at radius 3 is 2.85 bits per heavy atom. The number of hydrogen-bond donors (Lipinski definition) is 0. The highest BCUT2D eigenvalue weighted by Gasteiger charge is 2.33. The van der Waals surface area contributed by atoms with Crippen molar-refractivity contribution in [1.29, 1.82) is 0 Å². The van der Waals surface area contributed by atoms with E-state index in [4.69, 9.17) is 5.53 Å². The van der Waals surface area contributed by atoms with Gasteiger partial charge in [-0.1, -0.05) is 11.6 Å². The smallest absolute Gasteiger partial charge is 0.324 e. The fraction of sp³-hybridized carbons (Fsp3) is 0.600. The molecule has 0 aliphatic heterocycles. The van der Waals surface area contributed by atoms with Gasteiger partial charge in [0.25, 0.3) is 0 Å². The molecule has 0 heterocycles. The summed E-state index contributed by atoms with van der Waals surface area (Å²) in [7, 11) is 0. The van der Waals surface area contributed by atoms with Gasteiger partial charge in [-0.15, -0.1) is 0 Å². The Hall–Kier alpha value is -1.21. The predicted molar refractivity (Wildman–Crippen MR) is 50.4 cm³/mol. The van der Waals surface area contributed by atoms with Gasteiger partial charge in [-0.3, -0.25) is 4.79 Å². The maximum absolute atomic E-state index is 11.5. The summed E-state index contributed by atoms with van der Waals surface area (Å²) in [5, 5.41) is 0. The van der Waals surface area contributed by atoms with Gasteiger partial charge in [0.05, 0.1) is 5.41 Å². The third-order valence-corrected chi connectivity index (χ3v) is 2.63. The number of carbonyl (C=O) groups is 1. The largest absolute Gasteiger partial charge is 0.361 e. The third-order valence-electron chi connectivity index (χ3n) is 2.63. The number of rotatable bonds is 3. The third kappa shape index (κ3) is 1.93. The molecule has 0 atom stereocenters. The molecule has 0 amide bonds. The lowest BCUT2D eigenvalue weighted by Crippen LogP contribution is -2.27. The molecule has 0 aromatic heterocycles. The molecule has 1 aliphatic rings. The first-order valence-electron chi connectivity index (χ1n) is 4.50. The minimum atomic E-state index is -0.497. The fourth-order valence-electron chi connectivity index (χ4n) is 1.61. The van der Waals surface area contributed by atoms with Crippen LogP contribution in [0.4, 0.5) is 0 Å². The van der Waals surface area contributed by atoms with Crippen molar-refractivity contribution in [3.63, 3.8) is 0 Å². The van der Waals surface area contributed by atoms with Crippen LogP contribution in [-0.4, -0.2) is 16.8 Å². The quantitative estimate of drug-likeness (QED) is 0.282. The van der Waals surface area contributed by atoms with E-state index >= 15 is 0 Å². The molecule has 70 valence electrons. The molecule has 0 saturated carbocycles. The van der Waals surface area contributed by atoms with E-state index < -0.39 is 5.41 Å². The molecule has 3 nitrogen and oxygen atoms in total. The standard InChI is InChI=1S/C10H14N2O/c1-10(2,9(13)7-12-11)8-5-3-4-6-8/h5,7H,3-4,6H2,1-2H3. The number of Topliss-reactive ketones (excluding diaryl/α,β-unsaturated/α-hetero) is 1. The second-order valence-corrected chi connectivity index (χ2v) is 3.86. The second-order valence-electron chi connectivity index (χ2n) is 3.86. The minimum Gasteiger partial charge on any atom is -0.361 e. The molecule has 0 N–H and O–H groups in total. The molecule has 0 spiro atoms. The van der Waals surface area contributed by atoms with E-state index in [1.165, 1.54) is 0 Å². The average Bonchev–Trinajstić information content (AvgIpc) is 2.56. The van der Waals surface area contributed by atoms with Crippen LogP contribution < -0.4 is 0 Å². The zero-order valence-corrected chi connectivity index (χ0v) is 8.08. The van der Waals surface area contributed by atoms with Crippen LogP contribution in [0.5, 0.6) is 0 Å². The van der Waals surface area contributed by atoms with Gasteiger partial charge in [0.15, 0.2) is 0 Å². The van der Waals surface area contributed by atoms with Gasteiger partial charge in [-0.05, 0) is 33.1 Å². The van der Waals surface area contributed by atoms with Gasteiger partial charge < -0.3 is 5.53 Å². The fourth-order valence-corrected chi connectivity index (χ4v) is 1.61. The highest BCUT2D eigenvalue weighted by molar-refractivity contribution is 6.28. The average molecular weight is 178 g/mol. The molecule has 0 unspecified atom stereocenters. The van der Waals surface area contributed by atoms with E-state index in [1.54, 1.807) is 0 Å². The van der Waals surface area contributed by atoms with Crippen LogP contribution in [0.3, 0.4) is 0 Å². The molecule has 13 heavy (non-hydrogen) atoms. The van der Waals surface area contributed by atoms with Gasteiger partial charge in [0, 0.05) is 0 Å². The Kier molecular flexibility index (Phi) is 2.79. The van der Waals surface area contributed by atoms with Crippen LogP contribution in [0, 0.1) is 5.41 Å². The van der Waals surface area contributed by atoms with Crippen molar-refractivity contribution in [2.45, 2.75) is 33.1 Å². The molecule has 0 fully saturated rings. The number of ketones is 1. The number of carbonyl (C=O) groups excluding carboxylic acids is 1. The maximum atomic E-state index is 11.5. The van der Waals surface area contributed by atoms with Crippen molar-refractivity contribution < 1.29 is 9.58 Å². The Morgan fingerprint density at radius 1 is 1.69 bits per heavy atom. The molecule has 0 bridgehead atoms. The normalized spacial score (nSPS) is 16.3. The van der Waals surface area contributed by atoms with Crippen LogP contribution in [-0.2, 0) is 4.79 Å². The molecule has 0 radical (unpaired) electrons. The first-order valence-corrected chi connectivity index (χ1v) is 4.50. The van der Waals surface area contributed by atoms with E-state index in [-0.39, 0.29) is 5.78 Å². The number of hydrogen-bond acceptors (Lipinski definition) is 1. The molecule has 1 aliphatic carbocycles. The summed E-state index contributed by atoms with van der Waals surface area (Å²) in [6.45, 7) is 3.74. The monoisotopic (exact) mass is 178 g/mol. The van der Waals surface area contributed by atoms with E-state index in [0.29, 0.717) is 0 Å². The summed E-state index contributed by atoms with van der Waals surface area (Å²) in [5.41, 5.74) is 8.94. The van der Waals surface area contributed by atoms with Gasteiger partial charge in [-0.2, -0.15) is 4.79 Å². The van der Waals surface area contributed by atoms with Crippen LogP contribution in [0.2, 0.25) is 0 Å². The Balaban J connectivity index is 2.86. The number of allylic oxidation sites excluding steroid dienone is 2. The highest BCUT2D eigenvalue weighted by Crippen LogP contribution is 2.34. The molecule has 3 heteroatoms. The van der Waals surface area contributed by atoms with Crippen LogP contribution in [0.25, 0.3) is 5.53 Å². The lowest BCUT2D eigenvalue weighted by atomic mass is 9.80. The molecule has 1 rings (SSSR count). The van der Waals surface area contributed by atoms with Gasteiger partial charge in [0.2, 0.25) is 5.78 Å². The van der Waals surface area contributed by atoms with E-state index in [9.17, 15) is 4.79 Å². The molecular weight excluding hydrogens is 164 g/mol. The summed E-state index contributed by atoms with van der Waals surface area (Å²) in [6.07, 6.45) is 6.27. The summed E-state index contributed by atoms with van der Waals surface area (Å²) < 4.78 is 0. The Labute approximate surface area is 78.1 Å². The highest BCUT2D eigenvalue weighted by atomic mass is 16.1. The first-order chi connectivity index (χ1) is 6.09. The maximum Gasteiger partial charge on any atom is 0.324 e. The van der Waals surface area contributed by atoms with E-state index in [0.717, 1.165) is 31.1 Å². The predicted octanol–water partition coefficient (Wildman–Crippen LogP) is 1.99. The zero-order chi connectivity index (χ0) is 9.90. The minimum absolute atomic E-state index is 0.136. The van der Waals surface area contributed by atoms with Gasteiger partial charge in [0.1, 0.15) is 0 Å². The second kappa shape index (κ2) is 3.67. The molecule has 0 saturated heterocycles. The summed E-state index contributed by atoms with van der Waals surface area (Å²) in [4.78, 5) is 14.3. The Morgan fingerprint density at radius 2 is 2.38 bits per heavy atom. The SMILES string of the molecule is CC(C)(C(=O)C=[N+]=[N-])C1=CCCC1. The van der Waals surface area contributed by atoms with Crippen molar-refractivity contribution in [1.82, 2.24) is 0 Å². The van der Waals surface area contributed by atoms with Crippen molar-refractivity contribution in [2.24, 2.45) is 5.41 Å². The van der Waals surface area contributed by atoms with Crippen LogP contribution >= 0.6 is 0 Å². The van der Waals surface area contributed by atoms with Gasteiger partial charge in [-0.25, -0.2) is 0 Å². The lowest BCUT2D eigenvalue weighted by Gasteiger charge is -2.20. The van der Waals surface area contributed by atoms with E-state index in [2.05, 4.69) is 10.9 Å². The van der Waals surface area contributed by atoms with Gasteiger partial charge >= 0.3 is 6.21 Å². The first kappa shape index (κ1) is 9.87. The van der Waals surface area contributed by atoms with Crippen molar-refractivity contribution >= 4 is 12.0 Å². The Bertz CT molecular complexity index is 292. The van der Waals surface area contributed by atoms with Crippen molar-refractivity contribution in [3.05, 3.63) is 17.2 Å². The summed E-state index contributed by atoms with van der Waals surface area (Å²) in [5.74, 6) is -0.136. The topological polar surface area (TPSA) is 53.5 Å². The number of nitrogens with zero attached hydrogens (tertiary/aromatic N) is 2.